The molecule has 0 aliphatic heterocycles. The molecule has 0 saturated heterocycles. The fourth-order valence-corrected chi connectivity index (χ4v) is 2.68. The third kappa shape index (κ3) is 1.03. The topological polar surface area (TPSA) is 12.9 Å². The minimum Gasteiger partial charge on any atom is -0.244 e. The third-order valence-corrected chi connectivity index (χ3v) is 3.49. The number of fused-ring (bicyclic) bond motifs is 1. The van der Waals surface area contributed by atoms with Gasteiger partial charge in [-0.05, 0) is 25.5 Å². The van der Waals surface area contributed by atoms with Crippen LogP contribution in [0.3, 0.4) is 0 Å². The molecule has 62 valence electrons. The Hall–Kier alpha value is -0.600. The Bertz CT molecular complexity index is 433. The zero-order valence-electron chi connectivity index (χ0n) is 6.89. The standard InChI is InChI=1S/C9H8ClNS/c1-5-6(2)12-7-3-4-11-9(10)8(5)7/h3-4H,1-2H3. The fraction of sp³-hybridized carbons (Fsp3) is 0.222. The zero-order valence-corrected chi connectivity index (χ0v) is 8.46. The lowest BCUT2D eigenvalue weighted by atomic mass is 10.2. The molecule has 2 aromatic rings. The molecule has 0 amide bonds. The van der Waals surface area contributed by atoms with Gasteiger partial charge < -0.3 is 0 Å². The van der Waals surface area contributed by atoms with Crippen LogP contribution in [-0.4, -0.2) is 4.98 Å². The highest BCUT2D eigenvalue weighted by Gasteiger charge is 2.07. The zero-order chi connectivity index (χ0) is 8.72. The molecular weight excluding hydrogens is 190 g/mol. The number of aryl methyl sites for hydroxylation is 2. The number of hydrogen-bond acceptors (Lipinski definition) is 2. The van der Waals surface area contributed by atoms with Gasteiger partial charge in [0.15, 0.2) is 0 Å². The van der Waals surface area contributed by atoms with Gasteiger partial charge >= 0.3 is 0 Å². The first-order valence-corrected chi connectivity index (χ1v) is 4.90. The van der Waals surface area contributed by atoms with Crippen LogP contribution in [0.1, 0.15) is 10.4 Å². The third-order valence-electron chi connectivity index (χ3n) is 2.03. The molecular formula is C9H8ClNS. The van der Waals surface area contributed by atoms with Crippen molar-refractivity contribution in [2.24, 2.45) is 0 Å². The molecule has 0 spiro atoms. The number of rotatable bonds is 0. The fourth-order valence-electron chi connectivity index (χ4n) is 1.26. The van der Waals surface area contributed by atoms with Crippen molar-refractivity contribution in [2.75, 3.05) is 0 Å². The van der Waals surface area contributed by atoms with Gasteiger partial charge in [0, 0.05) is 21.2 Å². The molecule has 0 aromatic carbocycles. The molecule has 0 radical (unpaired) electrons. The lowest BCUT2D eigenvalue weighted by molar-refractivity contribution is 1.35. The van der Waals surface area contributed by atoms with Crippen molar-refractivity contribution >= 4 is 33.0 Å². The first-order valence-electron chi connectivity index (χ1n) is 3.70. The highest BCUT2D eigenvalue weighted by atomic mass is 35.5. The van der Waals surface area contributed by atoms with E-state index in [1.54, 1.807) is 17.5 Å². The molecule has 0 aliphatic rings. The van der Waals surface area contributed by atoms with Gasteiger partial charge in [0.25, 0.3) is 0 Å². The molecule has 1 nitrogen and oxygen atoms in total. The highest BCUT2D eigenvalue weighted by molar-refractivity contribution is 7.19. The molecule has 0 bridgehead atoms. The molecule has 0 N–H and O–H groups in total. The van der Waals surface area contributed by atoms with Gasteiger partial charge in [-0.2, -0.15) is 0 Å². The van der Waals surface area contributed by atoms with Crippen LogP contribution in [0.15, 0.2) is 12.3 Å². The van der Waals surface area contributed by atoms with E-state index in [-0.39, 0.29) is 0 Å². The molecule has 12 heavy (non-hydrogen) atoms. The summed E-state index contributed by atoms with van der Waals surface area (Å²) in [5.74, 6) is 0. The minimum atomic E-state index is 0.620. The SMILES string of the molecule is Cc1sc2ccnc(Cl)c2c1C. The summed E-state index contributed by atoms with van der Waals surface area (Å²) in [6.45, 7) is 4.19. The van der Waals surface area contributed by atoms with Crippen molar-refractivity contribution in [2.45, 2.75) is 13.8 Å². The summed E-state index contributed by atoms with van der Waals surface area (Å²) in [6.07, 6.45) is 1.75. The number of thiophene rings is 1. The summed E-state index contributed by atoms with van der Waals surface area (Å²) >= 11 is 7.74. The Labute approximate surface area is 80.0 Å². The Morgan fingerprint density at radius 3 is 2.83 bits per heavy atom. The second-order valence-electron chi connectivity index (χ2n) is 2.76. The average Bonchev–Trinajstić information content (AvgIpc) is 2.29. The van der Waals surface area contributed by atoms with Crippen LogP contribution >= 0.6 is 22.9 Å². The van der Waals surface area contributed by atoms with E-state index in [2.05, 4.69) is 18.8 Å². The van der Waals surface area contributed by atoms with Crippen molar-refractivity contribution in [3.8, 4) is 0 Å². The molecule has 0 fully saturated rings. The average molecular weight is 198 g/mol. The second-order valence-corrected chi connectivity index (χ2v) is 4.37. The predicted molar refractivity (Wildman–Crippen MR) is 54.1 cm³/mol. The Morgan fingerprint density at radius 2 is 2.17 bits per heavy atom. The highest BCUT2D eigenvalue weighted by Crippen LogP contribution is 2.33. The van der Waals surface area contributed by atoms with Crippen molar-refractivity contribution in [1.82, 2.24) is 4.98 Å². The van der Waals surface area contributed by atoms with E-state index in [1.807, 2.05) is 6.07 Å². The van der Waals surface area contributed by atoms with E-state index in [9.17, 15) is 0 Å². The van der Waals surface area contributed by atoms with Crippen LogP contribution < -0.4 is 0 Å². The van der Waals surface area contributed by atoms with Crippen LogP contribution in [0.5, 0.6) is 0 Å². The lowest BCUT2D eigenvalue weighted by Crippen LogP contribution is -1.76. The normalized spacial score (nSPS) is 10.9. The van der Waals surface area contributed by atoms with Crippen LogP contribution in [0, 0.1) is 13.8 Å². The quantitative estimate of drug-likeness (QED) is 0.589. The van der Waals surface area contributed by atoms with Crippen molar-refractivity contribution in [1.29, 1.82) is 0 Å². The van der Waals surface area contributed by atoms with E-state index in [0.29, 0.717) is 5.15 Å². The van der Waals surface area contributed by atoms with Crippen LogP contribution in [-0.2, 0) is 0 Å². The summed E-state index contributed by atoms with van der Waals surface area (Å²) in [7, 11) is 0. The van der Waals surface area contributed by atoms with Gasteiger partial charge in [-0.1, -0.05) is 11.6 Å². The first-order chi connectivity index (χ1) is 5.70. The molecule has 2 heterocycles. The predicted octanol–water partition coefficient (Wildman–Crippen LogP) is 3.57. The number of nitrogens with zero attached hydrogens (tertiary/aromatic N) is 1. The van der Waals surface area contributed by atoms with Crippen LogP contribution in [0.2, 0.25) is 5.15 Å². The maximum atomic E-state index is 5.97. The van der Waals surface area contributed by atoms with Crippen molar-refractivity contribution < 1.29 is 0 Å². The van der Waals surface area contributed by atoms with E-state index in [4.69, 9.17) is 11.6 Å². The smallest absolute Gasteiger partial charge is 0.137 e. The largest absolute Gasteiger partial charge is 0.244 e. The number of pyridine rings is 1. The minimum absolute atomic E-state index is 0.620. The molecule has 2 rings (SSSR count). The van der Waals surface area contributed by atoms with E-state index >= 15 is 0 Å². The molecule has 0 saturated carbocycles. The Morgan fingerprint density at radius 1 is 1.42 bits per heavy atom. The van der Waals surface area contributed by atoms with Gasteiger partial charge in [0.2, 0.25) is 0 Å². The maximum absolute atomic E-state index is 5.97. The van der Waals surface area contributed by atoms with E-state index < -0.39 is 0 Å². The summed E-state index contributed by atoms with van der Waals surface area (Å²) in [5, 5.41) is 1.73. The monoisotopic (exact) mass is 197 g/mol. The first kappa shape index (κ1) is 8.02. The number of hydrogen-bond donors (Lipinski definition) is 0. The number of halogens is 1. The van der Waals surface area contributed by atoms with Gasteiger partial charge in [0.1, 0.15) is 5.15 Å². The maximum Gasteiger partial charge on any atom is 0.137 e. The summed E-state index contributed by atoms with van der Waals surface area (Å²) < 4.78 is 1.23. The van der Waals surface area contributed by atoms with Gasteiger partial charge in [-0.15, -0.1) is 11.3 Å². The summed E-state index contributed by atoms with van der Waals surface area (Å²) in [6, 6.07) is 2.01. The molecule has 0 unspecified atom stereocenters. The van der Waals surface area contributed by atoms with Gasteiger partial charge in [-0.25, -0.2) is 4.98 Å². The number of aromatic nitrogens is 1. The van der Waals surface area contributed by atoms with Crippen LogP contribution in [0.25, 0.3) is 10.1 Å². The molecule has 0 atom stereocenters. The Balaban J connectivity index is 2.97. The van der Waals surface area contributed by atoms with Crippen molar-refractivity contribution in [3.63, 3.8) is 0 Å². The van der Waals surface area contributed by atoms with Gasteiger partial charge in [-0.3, -0.25) is 0 Å². The molecule has 3 heteroatoms. The van der Waals surface area contributed by atoms with E-state index in [0.717, 1.165) is 5.39 Å². The second kappa shape index (κ2) is 2.71. The summed E-state index contributed by atoms with van der Waals surface area (Å²) in [4.78, 5) is 5.37. The molecule has 0 aliphatic carbocycles. The summed E-state index contributed by atoms with van der Waals surface area (Å²) in [5.41, 5.74) is 1.26. The Kier molecular flexibility index (Phi) is 1.81. The lowest BCUT2D eigenvalue weighted by Gasteiger charge is -1.93. The van der Waals surface area contributed by atoms with Crippen molar-refractivity contribution in [3.05, 3.63) is 27.9 Å². The van der Waals surface area contributed by atoms with E-state index in [1.165, 1.54) is 15.1 Å². The molecule has 2 aromatic heterocycles. The van der Waals surface area contributed by atoms with Gasteiger partial charge in [0.05, 0.1) is 0 Å². The van der Waals surface area contributed by atoms with Crippen LogP contribution in [0.4, 0.5) is 0 Å².